The highest BCUT2D eigenvalue weighted by Gasteiger charge is 2.13. The molecule has 0 amide bonds. The Morgan fingerprint density at radius 1 is 1.21 bits per heavy atom. The molecule has 96 valence electrons. The second-order valence-corrected chi connectivity index (χ2v) is 4.29. The van der Waals surface area contributed by atoms with E-state index in [0.29, 0.717) is 23.5 Å². The zero-order chi connectivity index (χ0) is 13.2. The Morgan fingerprint density at radius 2 is 2.05 bits per heavy atom. The second-order valence-electron chi connectivity index (χ2n) is 4.29. The van der Waals surface area contributed by atoms with E-state index in [0.717, 1.165) is 5.39 Å². The second kappa shape index (κ2) is 4.82. The van der Waals surface area contributed by atoms with Gasteiger partial charge < -0.3 is 9.30 Å². The van der Waals surface area contributed by atoms with Crippen LogP contribution in [0.15, 0.2) is 48.8 Å². The predicted octanol–water partition coefficient (Wildman–Crippen LogP) is 3.45. The predicted molar refractivity (Wildman–Crippen MR) is 72.1 cm³/mol. The molecule has 0 aliphatic carbocycles. The van der Waals surface area contributed by atoms with Crippen LogP contribution in [-0.2, 0) is 11.5 Å². The molecule has 19 heavy (non-hydrogen) atoms. The van der Waals surface area contributed by atoms with E-state index < -0.39 is 0 Å². The van der Waals surface area contributed by atoms with E-state index in [1.54, 1.807) is 36.2 Å². The van der Waals surface area contributed by atoms with E-state index in [1.807, 2.05) is 24.3 Å². The van der Waals surface area contributed by atoms with Gasteiger partial charge in [-0.05, 0) is 11.5 Å². The van der Waals surface area contributed by atoms with Crippen molar-refractivity contribution < 1.29 is 9.13 Å². The summed E-state index contributed by atoms with van der Waals surface area (Å²) >= 11 is 0. The molecular weight excluding hydrogens is 243 g/mol. The first-order valence-corrected chi connectivity index (χ1v) is 5.99. The molecule has 0 unspecified atom stereocenters. The Labute approximate surface area is 110 Å². The first-order chi connectivity index (χ1) is 9.31. The van der Waals surface area contributed by atoms with Gasteiger partial charge in [0.25, 0.3) is 0 Å². The molecule has 3 rings (SSSR count). The lowest BCUT2D eigenvalue weighted by Gasteiger charge is -2.09. The Kier molecular flexibility index (Phi) is 3.01. The number of fused-ring (bicyclic) bond motifs is 1. The van der Waals surface area contributed by atoms with E-state index in [2.05, 4.69) is 4.98 Å². The summed E-state index contributed by atoms with van der Waals surface area (Å²) in [6, 6.07) is 11.1. The normalized spacial score (nSPS) is 11.1. The molecule has 0 saturated carbocycles. The zero-order valence-electron chi connectivity index (χ0n) is 10.5. The van der Waals surface area contributed by atoms with Crippen molar-refractivity contribution in [3.05, 3.63) is 54.6 Å². The Bertz CT molecular complexity index is 721. The first-order valence-electron chi connectivity index (χ1n) is 5.99. The third-order valence-corrected chi connectivity index (χ3v) is 3.09. The van der Waals surface area contributed by atoms with Crippen LogP contribution in [0, 0.1) is 5.82 Å². The van der Waals surface area contributed by atoms with Crippen molar-refractivity contribution in [2.45, 2.75) is 6.73 Å². The summed E-state index contributed by atoms with van der Waals surface area (Å²) in [5.41, 5.74) is 0.487. The molecule has 0 radical (unpaired) electrons. The van der Waals surface area contributed by atoms with E-state index in [1.165, 1.54) is 0 Å². The number of hydrogen-bond acceptors (Lipinski definition) is 2. The van der Waals surface area contributed by atoms with Crippen LogP contribution in [0.4, 0.5) is 4.39 Å². The molecule has 0 bridgehead atoms. The van der Waals surface area contributed by atoms with Crippen LogP contribution in [0.3, 0.4) is 0 Å². The Hall–Kier alpha value is -2.20. The number of rotatable bonds is 3. The first kappa shape index (κ1) is 11.9. The van der Waals surface area contributed by atoms with Gasteiger partial charge in [-0.3, -0.25) is 0 Å². The SMILES string of the molecule is COCn1ccnc1-c1ccc2ccccc2c1F. The van der Waals surface area contributed by atoms with Gasteiger partial charge in [0.15, 0.2) is 0 Å². The summed E-state index contributed by atoms with van der Waals surface area (Å²) in [5, 5.41) is 1.49. The summed E-state index contributed by atoms with van der Waals surface area (Å²) in [7, 11) is 1.60. The lowest BCUT2D eigenvalue weighted by Crippen LogP contribution is -2.02. The molecule has 2 aromatic carbocycles. The average molecular weight is 256 g/mol. The van der Waals surface area contributed by atoms with Crippen molar-refractivity contribution in [3.63, 3.8) is 0 Å². The molecule has 1 aromatic heterocycles. The van der Waals surface area contributed by atoms with Gasteiger partial charge in [0.05, 0.1) is 5.56 Å². The maximum atomic E-state index is 14.6. The minimum atomic E-state index is -0.248. The number of aromatic nitrogens is 2. The van der Waals surface area contributed by atoms with E-state index >= 15 is 0 Å². The average Bonchev–Trinajstić information content (AvgIpc) is 2.88. The van der Waals surface area contributed by atoms with Gasteiger partial charge in [-0.15, -0.1) is 0 Å². The van der Waals surface area contributed by atoms with Gasteiger partial charge in [-0.2, -0.15) is 0 Å². The van der Waals surface area contributed by atoms with Gasteiger partial charge in [-0.1, -0.05) is 30.3 Å². The van der Waals surface area contributed by atoms with Gasteiger partial charge in [0, 0.05) is 24.9 Å². The highest BCUT2D eigenvalue weighted by Crippen LogP contribution is 2.27. The van der Waals surface area contributed by atoms with Gasteiger partial charge in [0.1, 0.15) is 18.4 Å². The molecule has 3 aromatic rings. The molecule has 4 heteroatoms. The molecule has 0 aliphatic rings. The fourth-order valence-corrected chi connectivity index (χ4v) is 2.20. The van der Waals surface area contributed by atoms with Crippen LogP contribution in [0.5, 0.6) is 0 Å². The maximum Gasteiger partial charge on any atom is 0.144 e. The highest BCUT2D eigenvalue weighted by molar-refractivity contribution is 5.87. The third kappa shape index (κ3) is 2.00. The summed E-state index contributed by atoms with van der Waals surface area (Å²) < 4.78 is 21.4. The van der Waals surface area contributed by atoms with Crippen molar-refractivity contribution in [3.8, 4) is 11.4 Å². The number of nitrogens with zero attached hydrogens (tertiary/aromatic N) is 2. The number of benzene rings is 2. The van der Waals surface area contributed by atoms with Crippen LogP contribution in [-0.4, -0.2) is 16.7 Å². The molecule has 0 aliphatic heterocycles. The molecule has 3 nitrogen and oxygen atoms in total. The van der Waals surface area contributed by atoms with Crippen molar-refractivity contribution in [1.82, 2.24) is 9.55 Å². The van der Waals surface area contributed by atoms with Crippen LogP contribution in [0.2, 0.25) is 0 Å². The molecule has 0 atom stereocenters. The van der Waals surface area contributed by atoms with Crippen molar-refractivity contribution in [2.75, 3.05) is 7.11 Å². The Balaban J connectivity index is 2.20. The lowest BCUT2D eigenvalue weighted by molar-refractivity contribution is 0.132. The summed E-state index contributed by atoms with van der Waals surface area (Å²) in [5.74, 6) is 0.326. The zero-order valence-corrected chi connectivity index (χ0v) is 10.5. The van der Waals surface area contributed by atoms with Gasteiger partial charge >= 0.3 is 0 Å². The molecule has 0 fully saturated rings. The molecule has 1 heterocycles. The molecule has 0 spiro atoms. The van der Waals surface area contributed by atoms with Crippen LogP contribution >= 0.6 is 0 Å². The lowest BCUT2D eigenvalue weighted by atomic mass is 10.1. The highest BCUT2D eigenvalue weighted by atomic mass is 19.1. The summed E-state index contributed by atoms with van der Waals surface area (Å²) in [6.45, 7) is 0.349. The van der Waals surface area contributed by atoms with Crippen LogP contribution < -0.4 is 0 Å². The standard InChI is InChI=1S/C15H13FN2O/c1-19-10-18-9-8-17-15(18)13-7-6-11-4-2-3-5-12(11)14(13)16/h2-9H,10H2,1H3. The summed E-state index contributed by atoms with van der Waals surface area (Å²) in [4.78, 5) is 4.22. The van der Waals surface area contributed by atoms with Crippen molar-refractivity contribution >= 4 is 10.8 Å². The topological polar surface area (TPSA) is 27.1 Å². The largest absolute Gasteiger partial charge is 0.364 e. The molecular formula is C15H13FN2O. The van der Waals surface area contributed by atoms with Crippen LogP contribution in [0.25, 0.3) is 22.2 Å². The summed E-state index contributed by atoms with van der Waals surface area (Å²) in [6.07, 6.45) is 3.41. The number of methoxy groups -OCH3 is 1. The Morgan fingerprint density at radius 3 is 2.89 bits per heavy atom. The smallest absolute Gasteiger partial charge is 0.144 e. The maximum absolute atomic E-state index is 14.6. The fourth-order valence-electron chi connectivity index (χ4n) is 2.20. The van der Waals surface area contributed by atoms with E-state index in [9.17, 15) is 4.39 Å². The number of halogens is 1. The fraction of sp³-hybridized carbons (Fsp3) is 0.133. The van der Waals surface area contributed by atoms with Crippen molar-refractivity contribution in [1.29, 1.82) is 0 Å². The minimum absolute atomic E-state index is 0.248. The molecule has 0 saturated heterocycles. The monoisotopic (exact) mass is 256 g/mol. The van der Waals surface area contributed by atoms with E-state index in [-0.39, 0.29) is 5.82 Å². The van der Waals surface area contributed by atoms with Crippen molar-refractivity contribution in [2.24, 2.45) is 0 Å². The number of ether oxygens (including phenoxy) is 1. The molecule has 0 N–H and O–H groups in total. The minimum Gasteiger partial charge on any atom is -0.364 e. The van der Waals surface area contributed by atoms with E-state index in [4.69, 9.17) is 4.74 Å². The number of imidazole rings is 1. The van der Waals surface area contributed by atoms with Gasteiger partial charge in [-0.25, -0.2) is 9.37 Å². The quantitative estimate of drug-likeness (QED) is 0.717. The van der Waals surface area contributed by atoms with Crippen LogP contribution in [0.1, 0.15) is 0 Å². The van der Waals surface area contributed by atoms with Gasteiger partial charge in [0.2, 0.25) is 0 Å². The third-order valence-electron chi connectivity index (χ3n) is 3.09. The number of hydrogen-bond donors (Lipinski definition) is 0.